The Kier molecular flexibility index (Phi) is 7.23. The van der Waals surface area contributed by atoms with Gasteiger partial charge in [-0.3, -0.25) is 0 Å². The van der Waals surface area contributed by atoms with Crippen molar-refractivity contribution in [3.8, 4) is 5.75 Å². The summed E-state index contributed by atoms with van der Waals surface area (Å²) in [5, 5.41) is 2.96. The summed E-state index contributed by atoms with van der Waals surface area (Å²) >= 11 is 0. The number of halogens is 1. The van der Waals surface area contributed by atoms with Crippen LogP contribution in [-0.2, 0) is 10.0 Å². The number of para-hydroxylation sites is 1. The Balaban J connectivity index is 0.00000289. The third-order valence-corrected chi connectivity index (χ3v) is 3.89. The fraction of sp³-hybridized carbons (Fsp3) is 0.455. The maximum absolute atomic E-state index is 12.0. The van der Waals surface area contributed by atoms with Crippen LogP contribution >= 0.6 is 12.4 Å². The molecule has 2 N–H and O–H groups in total. The lowest BCUT2D eigenvalue weighted by Gasteiger charge is -2.13. The molecule has 0 aliphatic carbocycles. The van der Waals surface area contributed by atoms with Crippen LogP contribution < -0.4 is 14.8 Å². The highest BCUT2D eigenvalue weighted by Gasteiger charge is 2.18. The van der Waals surface area contributed by atoms with Crippen LogP contribution in [-0.4, -0.2) is 35.2 Å². The van der Waals surface area contributed by atoms with Crippen molar-refractivity contribution in [1.29, 1.82) is 0 Å². The van der Waals surface area contributed by atoms with Gasteiger partial charge in [-0.05, 0) is 26.1 Å². The van der Waals surface area contributed by atoms with Gasteiger partial charge in [0.05, 0.1) is 7.11 Å². The smallest absolute Gasteiger partial charge is 0.244 e. The Bertz CT molecular complexity index is 465. The molecule has 0 saturated heterocycles. The van der Waals surface area contributed by atoms with Crippen LogP contribution in [0.2, 0.25) is 0 Å². The number of likely N-dealkylation sites (N-methyl/N-ethyl adjacent to an activating group) is 1. The van der Waals surface area contributed by atoms with Crippen LogP contribution in [0.3, 0.4) is 0 Å². The molecule has 18 heavy (non-hydrogen) atoms. The molecule has 5 nitrogen and oxygen atoms in total. The van der Waals surface area contributed by atoms with E-state index in [2.05, 4.69) is 10.0 Å². The Labute approximate surface area is 114 Å². The molecule has 0 spiro atoms. The molecule has 1 unspecified atom stereocenters. The Morgan fingerprint density at radius 2 is 1.94 bits per heavy atom. The topological polar surface area (TPSA) is 67.4 Å². The van der Waals surface area contributed by atoms with Crippen LogP contribution in [0.15, 0.2) is 29.2 Å². The predicted octanol–water partition coefficient (Wildman–Crippen LogP) is 1.00. The molecule has 7 heteroatoms. The van der Waals surface area contributed by atoms with Crippen molar-refractivity contribution in [2.75, 3.05) is 20.7 Å². The van der Waals surface area contributed by atoms with Crippen LogP contribution in [0.25, 0.3) is 0 Å². The van der Waals surface area contributed by atoms with E-state index in [-0.39, 0.29) is 23.3 Å². The maximum Gasteiger partial charge on any atom is 0.244 e. The summed E-state index contributed by atoms with van der Waals surface area (Å²) in [4.78, 5) is 0.158. The number of methoxy groups -OCH3 is 1. The molecule has 0 aliphatic rings. The van der Waals surface area contributed by atoms with Gasteiger partial charge in [0.1, 0.15) is 10.6 Å². The first-order valence-electron chi connectivity index (χ1n) is 5.31. The molecule has 0 fully saturated rings. The quantitative estimate of drug-likeness (QED) is 0.821. The summed E-state index contributed by atoms with van der Waals surface area (Å²) in [5.41, 5.74) is 0. The molecule has 1 aromatic carbocycles. The highest BCUT2D eigenvalue weighted by atomic mass is 35.5. The standard InChI is InChI=1S/C11H18N2O3S.ClH/c1-9(12-2)8-13-17(14,15)11-7-5-4-6-10(11)16-3;/h4-7,9,12-13H,8H2,1-3H3;1H. The molecule has 0 aromatic heterocycles. The van der Waals surface area contributed by atoms with Gasteiger partial charge in [-0.2, -0.15) is 0 Å². The molecule has 0 saturated carbocycles. The zero-order valence-electron chi connectivity index (χ0n) is 10.6. The van der Waals surface area contributed by atoms with Crippen molar-refractivity contribution >= 4 is 22.4 Å². The van der Waals surface area contributed by atoms with E-state index in [9.17, 15) is 8.42 Å². The number of nitrogens with one attached hydrogen (secondary N) is 2. The summed E-state index contributed by atoms with van der Waals surface area (Å²) in [6.45, 7) is 2.22. The van der Waals surface area contributed by atoms with E-state index in [1.807, 2.05) is 6.92 Å². The maximum atomic E-state index is 12.0. The van der Waals surface area contributed by atoms with Crippen molar-refractivity contribution in [1.82, 2.24) is 10.0 Å². The zero-order valence-corrected chi connectivity index (χ0v) is 12.3. The lowest BCUT2D eigenvalue weighted by Crippen LogP contribution is -2.37. The SMILES string of the molecule is CNC(C)CNS(=O)(=O)c1ccccc1OC.Cl. The van der Waals surface area contributed by atoms with Gasteiger partial charge >= 0.3 is 0 Å². The second kappa shape index (κ2) is 7.58. The van der Waals surface area contributed by atoms with Crippen molar-refractivity contribution in [2.24, 2.45) is 0 Å². The second-order valence-corrected chi connectivity index (χ2v) is 5.43. The van der Waals surface area contributed by atoms with E-state index < -0.39 is 10.0 Å². The largest absolute Gasteiger partial charge is 0.495 e. The minimum atomic E-state index is -3.52. The number of rotatable bonds is 6. The van der Waals surface area contributed by atoms with Gasteiger partial charge < -0.3 is 10.1 Å². The number of ether oxygens (including phenoxy) is 1. The lowest BCUT2D eigenvalue weighted by atomic mass is 10.3. The molecule has 1 aromatic rings. The Morgan fingerprint density at radius 3 is 2.50 bits per heavy atom. The summed E-state index contributed by atoms with van der Waals surface area (Å²) < 4.78 is 31.6. The molecule has 1 rings (SSSR count). The molecule has 0 bridgehead atoms. The minimum absolute atomic E-state index is 0. The van der Waals surface area contributed by atoms with Crippen molar-refractivity contribution in [3.63, 3.8) is 0 Å². The predicted molar refractivity (Wildman–Crippen MR) is 74.0 cm³/mol. The third-order valence-electron chi connectivity index (χ3n) is 2.43. The van der Waals surface area contributed by atoms with Gasteiger partial charge in [0, 0.05) is 12.6 Å². The molecule has 0 heterocycles. The summed E-state index contributed by atoms with van der Waals surface area (Å²) in [6, 6.07) is 6.60. The summed E-state index contributed by atoms with van der Waals surface area (Å²) in [6.07, 6.45) is 0. The molecule has 0 amide bonds. The van der Waals surface area contributed by atoms with Gasteiger partial charge in [0.15, 0.2) is 0 Å². The number of hydrogen-bond acceptors (Lipinski definition) is 4. The van der Waals surface area contributed by atoms with E-state index in [1.54, 1.807) is 25.2 Å². The van der Waals surface area contributed by atoms with E-state index in [0.29, 0.717) is 12.3 Å². The lowest BCUT2D eigenvalue weighted by molar-refractivity contribution is 0.402. The van der Waals surface area contributed by atoms with Gasteiger partial charge in [0.2, 0.25) is 10.0 Å². The first-order chi connectivity index (χ1) is 8.01. The molecule has 104 valence electrons. The average Bonchev–Trinajstić information content (AvgIpc) is 2.35. The molecule has 0 aliphatic heterocycles. The third kappa shape index (κ3) is 4.45. The van der Waals surface area contributed by atoms with E-state index >= 15 is 0 Å². The number of sulfonamides is 1. The van der Waals surface area contributed by atoms with Crippen molar-refractivity contribution in [3.05, 3.63) is 24.3 Å². The number of benzene rings is 1. The van der Waals surface area contributed by atoms with Gasteiger partial charge in [0.25, 0.3) is 0 Å². The molecular weight excluding hydrogens is 276 g/mol. The van der Waals surface area contributed by atoms with Gasteiger partial charge in [-0.15, -0.1) is 12.4 Å². The van der Waals surface area contributed by atoms with E-state index in [4.69, 9.17) is 4.74 Å². The molecule has 0 radical (unpaired) electrons. The van der Waals surface area contributed by atoms with E-state index in [0.717, 1.165) is 0 Å². The minimum Gasteiger partial charge on any atom is -0.495 e. The Hall–Kier alpha value is -0.820. The fourth-order valence-corrected chi connectivity index (χ4v) is 2.55. The Morgan fingerprint density at radius 1 is 1.33 bits per heavy atom. The summed E-state index contributed by atoms with van der Waals surface area (Å²) in [7, 11) is -0.294. The van der Waals surface area contributed by atoms with Gasteiger partial charge in [-0.1, -0.05) is 12.1 Å². The number of hydrogen-bond donors (Lipinski definition) is 2. The van der Waals surface area contributed by atoms with Crippen LogP contribution in [0.5, 0.6) is 5.75 Å². The van der Waals surface area contributed by atoms with Crippen LogP contribution in [0.4, 0.5) is 0 Å². The van der Waals surface area contributed by atoms with Crippen molar-refractivity contribution < 1.29 is 13.2 Å². The van der Waals surface area contributed by atoms with Crippen LogP contribution in [0, 0.1) is 0 Å². The fourth-order valence-electron chi connectivity index (χ4n) is 1.26. The second-order valence-electron chi connectivity index (χ2n) is 3.69. The first kappa shape index (κ1) is 17.2. The average molecular weight is 295 g/mol. The van der Waals surface area contributed by atoms with Crippen LogP contribution in [0.1, 0.15) is 6.92 Å². The molecular formula is C11H19ClN2O3S. The monoisotopic (exact) mass is 294 g/mol. The summed E-state index contributed by atoms with van der Waals surface area (Å²) in [5.74, 6) is 0.345. The highest BCUT2D eigenvalue weighted by molar-refractivity contribution is 7.89. The van der Waals surface area contributed by atoms with Gasteiger partial charge in [-0.25, -0.2) is 13.1 Å². The first-order valence-corrected chi connectivity index (χ1v) is 6.79. The highest BCUT2D eigenvalue weighted by Crippen LogP contribution is 2.22. The van der Waals surface area contributed by atoms with Crippen molar-refractivity contribution in [2.45, 2.75) is 17.9 Å². The van der Waals surface area contributed by atoms with E-state index in [1.165, 1.54) is 13.2 Å². The zero-order chi connectivity index (χ0) is 12.9. The molecule has 1 atom stereocenters. The normalized spacial score (nSPS) is 12.6.